The van der Waals surface area contributed by atoms with Crippen molar-refractivity contribution in [2.45, 2.75) is 218 Å². The van der Waals surface area contributed by atoms with E-state index in [2.05, 4.69) is 10.6 Å². The fourth-order valence-corrected chi connectivity index (χ4v) is 10.4. The molecule has 0 spiro atoms. The SMILES string of the molecule is CC(=O)NC1[C@H](O[C@H]2C(CO)O[C@@H](O[C@@H]3C(NC(C)=O)[C@H](O[C@H]4C(CO)O[C@@H](O[C@@H]5C(CO)OC(C)C(O)[C@H]5O)C(O)[C@H]4O)OC(CO)[C@@H]3O)C(O)[C@H]2O[C@]2(C(=O)O)CC(O)[C@@H](C)[C@H]([C@H](O)[C@H](O)CO)O2)OC(CO)[C@H](O)[C@@H]1O. The number of hydrogen-bond acceptors (Lipinski definition) is 31. The lowest BCUT2D eigenvalue weighted by atomic mass is 9.84. The zero-order chi connectivity index (χ0) is 58.7. The third-order valence-corrected chi connectivity index (χ3v) is 14.9. The number of aliphatic hydroxyl groups is 17. The van der Waals surface area contributed by atoms with Crippen LogP contribution in [0.5, 0.6) is 0 Å². The van der Waals surface area contributed by atoms with Gasteiger partial charge in [0.15, 0.2) is 25.2 Å². The standard InChI is InChI=1S/C45H76N2O32/c1-12-16(56)5-45(44(67)68,78-34(12)26(59)17(57)6-48)79-39-33(66)43(73-22(11-53)37(39)76-40-23(46-14(3)54)29(62)27(60)18(7-49)70-40)77-38-24(47-15(4)55)41(71-19(8-50)28(38)61)74-36-21(10-52)72-42(32(65)31(36)64)75-35-20(9-51)69-13(2)25(58)30(35)63/h12-13,16-43,48-53,56-66H,5-11H2,1-4H3,(H,46,54)(H,47,55)(H,67,68)/t12-,13?,16?,17-,18?,19?,20?,21?,22?,23?,24?,25?,26-,27+,28+,29-,30-,31-,32?,33?,34-,35-,36+,37+,38-,39-,40+,41+,42+,43+,45+/m1/s1. The van der Waals surface area contributed by atoms with Gasteiger partial charge in [-0.15, -0.1) is 0 Å². The maximum atomic E-state index is 13.4. The van der Waals surface area contributed by atoms with Crippen molar-refractivity contribution in [1.29, 1.82) is 0 Å². The predicted molar refractivity (Wildman–Crippen MR) is 246 cm³/mol. The molecule has 0 aromatic rings. The Labute approximate surface area is 449 Å². The Kier molecular flexibility index (Phi) is 23.0. The molecule has 6 fully saturated rings. The van der Waals surface area contributed by atoms with Gasteiger partial charge in [0.2, 0.25) is 11.8 Å². The van der Waals surface area contributed by atoms with E-state index in [1.165, 1.54) is 13.8 Å². The summed E-state index contributed by atoms with van der Waals surface area (Å²) >= 11 is 0. The molecule has 0 radical (unpaired) electrons. The normalized spacial score (nSPS) is 47.7. The number of aliphatic carboxylic acids is 1. The van der Waals surface area contributed by atoms with Crippen LogP contribution < -0.4 is 10.6 Å². The van der Waals surface area contributed by atoms with Gasteiger partial charge >= 0.3 is 5.97 Å². The molecule has 0 aromatic carbocycles. The molecule has 0 saturated carbocycles. The summed E-state index contributed by atoms with van der Waals surface area (Å²) in [5.74, 6) is -8.24. The first-order valence-corrected chi connectivity index (χ1v) is 25.4. The summed E-state index contributed by atoms with van der Waals surface area (Å²) in [5, 5.41) is 200. The van der Waals surface area contributed by atoms with Gasteiger partial charge in [-0.05, 0) is 6.92 Å². The van der Waals surface area contributed by atoms with E-state index in [9.17, 15) is 106 Å². The van der Waals surface area contributed by atoms with Crippen molar-refractivity contribution in [2.24, 2.45) is 5.92 Å². The number of carbonyl (C=O) groups excluding carboxylic acids is 2. The van der Waals surface area contributed by atoms with Crippen molar-refractivity contribution in [2.75, 3.05) is 39.6 Å². The number of ether oxygens (including phenoxy) is 11. The molecule has 12 unspecified atom stereocenters. The van der Waals surface area contributed by atoms with Gasteiger partial charge < -0.3 is 155 Å². The van der Waals surface area contributed by atoms with Crippen LogP contribution in [0.2, 0.25) is 0 Å². The average molecular weight is 1160 g/mol. The number of hydrogen-bond donors (Lipinski definition) is 20. The highest BCUT2D eigenvalue weighted by Gasteiger charge is 2.62. The highest BCUT2D eigenvalue weighted by atomic mass is 16.8. The van der Waals surface area contributed by atoms with Crippen molar-refractivity contribution in [3.8, 4) is 0 Å². The maximum Gasteiger partial charge on any atom is 0.364 e. The van der Waals surface area contributed by atoms with E-state index in [4.69, 9.17) is 52.1 Å². The topological polar surface area (TPSA) is 541 Å². The molecular formula is C45H76N2O32. The quantitative estimate of drug-likeness (QED) is 0.0507. The van der Waals surface area contributed by atoms with Crippen molar-refractivity contribution in [3.05, 3.63) is 0 Å². The second-order valence-corrected chi connectivity index (χ2v) is 20.3. The fraction of sp³-hybridized carbons (Fsp3) is 0.933. The molecule has 34 nitrogen and oxygen atoms in total. The lowest BCUT2D eigenvalue weighted by Gasteiger charge is -2.52. The summed E-state index contributed by atoms with van der Waals surface area (Å²) in [5.41, 5.74) is 0. The number of carboxylic acids is 1. The van der Waals surface area contributed by atoms with Gasteiger partial charge in [0, 0.05) is 26.2 Å². The Morgan fingerprint density at radius 2 is 0.962 bits per heavy atom. The van der Waals surface area contributed by atoms with Crippen LogP contribution in [-0.2, 0) is 66.5 Å². The Bertz CT molecular complexity index is 1970. The number of rotatable bonds is 21. The number of nitrogens with one attached hydrogen (secondary N) is 2. The number of carboxylic acid groups (broad SMARTS) is 1. The molecule has 458 valence electrons. The smallest absolute Gasteiger partial charge is 0.364 e. The van der Waals surface area contributed by atoms with Gasteiger partial charge in [0.1, 0.15) is 134 Å². The molecule has 6 aliphatic rings. The lowest BCUT2D eigenvalue weighted by molar-refractivity contribution is -0.401. The molecule has 2 amide bonds. The van der Waals surface area contributed by atoms with E-state index >= 15 is 0 Å². The molecule has 34 heteroatoms. The van der Waals surface area contributed by atoms with E-state index in [-0.39, 0.29) is 0 Å². The van der Waals surface area contributed by atoms with Crippen molar-refractivity contribution in [3.63, 3.8) is 0 Å². The van der Waals surface area contributed by atoms with E-state index in [0.717, 1.165) is 13.8 Å². The zero-order valence-corrected chi connectivity index (χ0v) is 43.0. The summed E-state index contributed by atoms with van der Waals surface area (Å²) in [4.78, 5) is 38.8. The minimum absolute atomic E-state index is 0.752. The summed E-state index contributed by atoms with van der Waals surface area (Å²) in [7, 11) is 0. The van der Waals surface area contributed by atoms with Crippen LogP contribution in [0.15, 0.2) is 0 Å². The van der Waals surface area contributed by atoms with Gasteiger partial charge in [-0.3, -0.25) is 9.59 Å². The van der Waals surface area contributed by atoms with Gasteiger partial charge in [-0.25, -0.2) is 4.79 Å². The Morgan fingerprint density at radius 3 is 1.49 bits per heavy atom. The monoisotopic (exact) mass is 1160 g/mol. The highest BCUT2D eigenvalue weighted by Crippen LogP contribution is 2.42. The Balaban J connectivity index is 1.36. The third kappa shape index (κ3) is 13.9. The van der Waals surface area contributed by atoms with Crippen LogP contribution >= 0.6 is 0 Å². The summed E-state index contributed by atoms with van der Waals surface area (Å²) < 4.78 is 64.7. The molecule has 6 rings (SSSR count). The third-order valence-electron chi connectivity index (χ3n) is 14.9. The maximum absolute atomic E-state index is 13.4. The molecule has 0 bridgehead atoms. The molecular weight excluding hydrogens is 1080 g/mol. The van der Waals surface area contributed by atoms with Crippen LogP contribution in [0.3, 0.4) is 0 Å². The van der Waals surface area contributed by atoms with Crippen LogP contribution in [0.1, 0.15) is 34.1 Å². The van der Waals surface area contributed by atoms with Gasteiger partial charge in [-0.1, -0.05) is 6.92 Å². The highest BCUT2D eigenvalue weighted by molar-refractivity contribution is 5.76. The molecule has 31 atom stereocenters. The summed E-state index contributed by atoms with van der Waals surface area (Å²) in [6, 6.07) is -3.63. The van der Waals surface area contributed by atoms with E-state index in [0.29, 0.717) is 0 Å². The van der Waals surface area contributed by atoms with Crippen LogP contribution in [0.4, 0.5) is 0 Å². The average Bonchev–Trinajstić information content (AvgIpc) is 3.42. The molecule has 20 N–H and O–H groups in total. The predicted octanol–water partition coefficient (Wildman–Crippen LogP) is -12.3. The molecule has 79 heavy (non-hydrogen) atoms. The lowest BCUT2D eigenvalue weighted by Crippen LogP contribution is -2.71. The minimum atomic E-state index is -3.21. The summed E-state index contributed by atoms with van der Waals surface area (Å²) in [6.07, 6.45) is -52.6. The van der Waals surface area contributed by atoms with Gasteiger partial charge in [0.05, 0.1) is 58.0 Å². The summed E-state index contributed by atoms with van der Waals surface area (Å²) in [6.45, 7) is -1.49. The van der Waals surface area contributed by atoms with E-state index in [1.54, 1.807) is 0 Å². The van der Waals surface area contributed by atoms with Crippen LogP contribution in [0, 0.1) is 5.92 Å². The molecule has 0 aliphatic carbocycles. The second kappa shape index (κ2) is 27.8. The van der Waals surface area contributed by atoms with E-state index in [1.807, 2.05) is 0 Å². The first-order chi connectivity index (χ1) is 37.2. The molecule has 6 saturated heterocycles. The molecule has 6 heterocycles. The largest absolute Gasteiger partial charge is 0.477 e. The molecule has 6 aliphatic heterocycles. The molecule has 0 aromatic heterocycles. The number of carbonyl (C=O) groups is 3. The van der Waals surface area contributed by atoms with E-state index < -0.39 is 253 Å². The minimum Gasteiger partial charge on any atom is -0.477 e. The van der Waals surface area contributed by atoms with Crippen molar-refractivity contribution < 1.29 is 158 Å². The van der Waals surface area contributed by atoms with Crippen molar-refractivity contribution in [1.82, 2.24) is 10.6 Å². The number of amides is 2. The first kappa shape index (κ1) is 65.4. The van der Waals surface area contributed by atoms with Crippen molar-refractivity contribution >= 4 is 17.8 Å². The van der Waals surface area contributed by atoms with Crippen LogP contribution in [-0.4, -0.2) is 333 Å². The number of aliphatic hydroxyl groups excluding tert-OH is 17. The zero-order valence-electron chi connectivity index (χ0n) is 43.0. The Hall–Kier alpha value is -2.71. The first-order valence-electron chi connectivity index (χ1n) is 25.4. The van der Waals surface area contributed by atoms with Gasteiger partial charge in [0.25, 0.3) is 5.79 Å². The second-order valence-electron chi connectivity index (χ2n) is 20.3. The fourth-order valence-electron chi connectivity index (χ4n) is 10.4. The van der Waals surface area contributed by atoms with Crippen LogP contribution in [0.25, 0.3) is 0 Å². The van der Waals surface area contributed by atoms with Gasteiger partial charge in [-0.2, -0.15) is 0 Å². The Morgan fingerprint density at radius 1 is 0.519 bits per heavy atom.